The van der Waals surface area contributed by atoms with Crippen LogP contribution in [0.2, 0.25) is 0 Å². The molecule has 0 heterocycles. The molecule has 0 saturated heterocycles. The Morgan fingerprint density at radius 1 is 0.871 bits per heavy atom. The summed E-state index contributed by atoms with van der Waals surface area (Å²) in [6.07, 6.45) is -1.01. The highest BCUT2D eigenvalue weighted by atomic mass is 16.5. The summed E-state index contributed by atoms with van der Waals surface area (Å²) in [5.41, 5.74) is 2.14. The van der Waals surface area contributed by atoms with Gasteiger partial charge in [0.05, 0.1) is 5.56 Å². The van der Waals surface area contributed by atoms with Crippen LogP contribution >= 0.6 is 0 Å². The predicted molar refractivity (Wildman–Crippen MR) is 117 cm³/mol. The maximum Gasteiger partial charge on any atom is 0.338 e. The Morgan fingerprint density at radius 2 is 1.45 bits per heavy atom. The first-order valence-corrected chi connectivity index (χ1v) is 9.92. The Labute approximate surface area is 181 Å². The minimum absolute atomic E-state index is 0.0382. The van der Waals surface area contributed by atoms with Crippen molar-refractivity contribution in [2.75, 3.05) is 5.32 Å². The number of hydrogen-bond acceptors (Lipinski definition) is 5. The number of nitrogens with one attached hydrogen (secondary N) is 3. The van der Waals surface area contributed by atoms with Crippen molar-refractivity contribution in [1.82, 2.24) is 10.6 Å². The van der Waals surface area contributed by atoms with Crippen molar-refractivity contribution in [2.45, 2.75) is 46.4 Å². The van der Waals surface area contributed by atoms with Crippen LogP contribution in [0, 0.1) is 0 Å². The lowest BCUT2D eigenvalue weighted by Gasteiger charge is -2.14. The minimum Gasteiger partial charge on any atom is -0.449 e. The zero-order chi connectivity index (χ0) is 23.0. The van der Waals surface area contributed by atoms with E-state index in [4.69, 9.17) is 4.74 Å². The first-order chi connectivity index (χ1) is 14.7. The fraction of sp³-hybridized carbons (Fsp3) is 0.304. The van der Waals surface area contributed by atoms with Gasteiger partial charge in [0.1, 0.15) is 0 Å². The highest BCUT2D eigenvalue weighted by molar-refractivity contribution is 5.98. The molecule has 0 aliphatic heterocycles. The van der Waals surface area contributed by atoms with Gasteiger partial charge in [0.15, 0.2) is 11.9 Å². The van der Waals surface area contributed by atoms with Gasteiger partial charge in [-0.05, 0) is 69.7 Å². The topological polar surface area (TPSA) is 114 Å². The summed E-state index contributed by atoms with van der Waals surface area (Å²) in [6.45, 7) is 6.98. The van der Waals surface area contributed by atoms with Gasteiger partial charge in [-0.2, -0.15) is 0 Å². The molecule has 0 bridgehead atoms. The van der Waals surface area contributed by atoms with E-state index >= 15 is 0 Å². The van der Waals surface area contributed by atoms with E-state index in [2.05, 4.69) is 16.0 Å². The summed E-state index contributed by atoms with van der Waals surface area (Å²) in [4.78, 5) is 47.5. The van der Waals surface area contributed by atoms with Crippen LogP contribution < -0.4 is 16.0 Å². The summed E-state index contributed by atoms with van der Waals surface area (Å²) >= 11 is 0. The van der Waals surface area contributed by atoms with Gasteiger partial charge in [-0.15, -0.1) is 0 Å². The molecule has 0 aliphatic rings. The smallest absolute Gasteiger partial charge is 0.338 e. The average Bonchev–Trinajstić information content (AvgIpc) is 2.72. The van der Waals surface area contributed by atoms with Crippen molar-refractivity contribution in [3.63, 3.8) is 0 Å². The van der Waals surface area contributed by atoms with Crippen LogP contribution in [0.1, 0.15) is 54.0 Å². The molecule has 8 heteroatoms. The molecule has 2 rings (SSSR count). The number of rotatable bonds is 8. The van der Waals surface area contributed by atoms with Crippen LogP contribution in [0.5, 0.6) is 0 Å². The molecule has 0 unspecified atom stereocenters. The summed E-state index contributed by atoms with van der Waals surface area (Å²) in [5, 5.41) is 8.08. The van der Waals surface area contributed by atoms with Crippen LogP contribution in [-0.2, 0) is 16.1 Å². The van der Waals surface area contributed by atoms with Gasteiger partial charge in [-0.1, -0.05) is 12.1 Å². The largest absolute Gasteiger partial charge is 0.449 e. The zero-order valence-electron chi connectivity index (χ0n) is 18.0. The normalized spacial score (nSPS) is 11.4. The standard InChI is InChI=1S/C23H27N3O5/c1-14(2)25-23(30)24-13-17-5-7-19(8-6-17)22(29)31-16(4)21(28)26-20-11-9-18(10-12-20)15(3)27/h5-12,14,16H,13H2,1-4H3,(H,26,28)(H2,24,25,30)/t16-/m1/s1. The van der Waals surface area contributed by atoms with E-state index in [9.17, 15) is 19.2 Å². The Kier molecular flexibility index (Phi) is 8.31. The first-order valence-electron chi connectivity index (χ1n) is 9.92. The molecule has 3 N–H and O–H groups in total. The minimum atomic E-state index is -1.01. The SMILES string of the molecule is CC(=O)c1ccc(NC(=O)[C@@H](C)OC(=O)c2ccc(CNC(=O)NC(C)C)cc2)cc1. The van der Waals surface area contributed by atoms with Gasteiger partial charge in [0, 0.05) is 23.8 Å². The summed E-state index contributed by atoms with van der Waals surface area (Å²) in [7, 11) is 0. The third-order valence-corrected chi connectivity index (χ3v) is 4.27. The van der Waals surface area contributed by atoms with Crippen molar-refractivity contribution >= 4 is 29.4 Å². The Morgan fingerprint density at radius 3 is 2.00 bits per heavy atom. The van der Waals surface area contributed by atoms with Crippen LogP contribution in [0.15, 0.2) is 48.5 Å². The Balaban J connectivity index is 1.86. The van der Waals surface area contributed by atoms with E-state index in [1.807, 2.05) is 13.8 Å². The highest BCUT2D eigenvalue weighted by Gasteiger charge is 2.19. The van der Waals surface area contributed by atoms with Crippen LogP contribution in [0.25, 0.3) is 0 Å². The third kappa shape index (κ3) is 7.58. The quantitative estimate of drug-likeness (QED) is 0.444. The van der Waals surface area contributed by atoms with Gasteiger partial charge < -0.3 is 20.7 Å². The number of benzene rings is 2. The second-order valence-corrected chi connectivity index (χ2v) is 7.35. The number of hydrogen-bond donors (Lipinski definition) is 3. The molecule has 3 amide bonds. The number of amides is 3. The molecule has 0 fully saturated rings. The van der Waals surface area contributed by atoms with Crippen LogP contribution in [0.3, 0.4) is 0 Å². The van der Waals surface area contributed by atoms with Crippen molar-refractivity contribution in [2.24, 2.45) is 0 Å². The van der Waals surface area contributed by atoms with Gasteiger partial charge in [0.2, 0.25) is 0 Å². The molecule has 164 valence electrons. The molecule has 0 radical (unpaired) electrons. The third-order valence-electron chi connectivity index (χ3n) is 4.27. The molecule has 0 saturated carbocycles. The monoisotopic (exact) mass is 425 g/mol. The Hall–Kier alpha value is -3.68. The van der Waals surface area contributed by atoms with Gasteiger partial charge in [-0.3, -0.25) is 9.59 Å². The molecule has 0 aliphatic carbocycles. The summed E-state index contributed by atoms with van der Waals surface area (Å²) < 4.78 is 5.23. The van der Waals surface area contributed by atoms with E-state index < -0.39 is 18.0 Å². The number of Topliss-reactive ketones (excluding diaryl/α,β-unsaturated/α-hetero) is 1. The Bertz CT molecular complexity index is 937. The number of carbonyl (C=O) groups is 4. The molecular formula is C23H27N3O5. The molecule has 2 aromatic rings. The molecule has 1 atom stereocenters. The number of ether oxygens (including phenoxy) is 1. The number of anilines is 1. The lowest BCUT2D eigenvalue weighted by atomic mass is 10.1. The lowest BCUT2D eigenvalue weighted by Crippen LogP contribution is -2.39. The van der Waals surface area contributed by atoms with E-state index in [1.54, 1.807) is 48.5 Å². The maximum absolute atomic E-state index is 12.3. The fourth-order valence-electron chi connectivity index (χ4n) is 2.57. The van der Waals surface area contributed by atoms with Gasteiger partial charge in [-0.25, -0.2) is 9.59 Å². The van der Waals surface area contributed by atoms with E-state index in [0.29, 0.717) is 23.4 Å². The van der Waals surface area contributed by atoms with Gasteiger partial charge >= 0.3 is 12.0 Å². The molecule has 31 heavy (non-hydrogen) atoms. The highest BCUT2D eigenvalue weighted by Crippen LogP contribution is 2.12. The molecule has 0 aromatic heterocycles. The van der Waals surface area contributed by atoms with Crippen LogP contribution in [-0.4, -0.2) is 35.8 Å². The van der Waals surface area contributed by atoms with Crippen molar-refractivity contribution in [3.05, 3.63) is 65.2 Å². The maximum atomic E-state index is 12.3. The van der Waals surface area contributed by atoms with Gasteiger partial charge in [0.25, 0.3) is 5.91 Å². The molecule has 8 nitrogen and oxygen atoms in total. The number of ketones is 1. The number of urea groups is 1. The van der Waals surface area contributed by atoms with Crippen LogP contribution in [0.4, 0.5) is 10.5 Å². The van der Waals surface area contributed by atoms with Crippen molar-refractivity contribution in [3.8, 4) is 0 Å². The molecule has 0 spiro atoms. The van der Waals surface area contributed by atoms with E-state index in [-0.39, 0.29) is 17.9 Å². The van der Waals surface area contributed by atoms with E-state index in [0.717, 1.165) is 5.56 Å². The van der Waals surface area contributed by atoms with Crippen molar-refractivity contribution < 1.29 is 23.9 Å². The number of esters is 1. The summed E-state index contributed by atoms with van der Waals surface area (Å²) in [6, 6.07) is 12.8. The second kappa shape index (κ2) is 10.9. The molecular weight excluding hydrogens is 398 g/mol. The molecule has 2 aromatic carbocycles. The average molecular weight is 425 g/mol. The van der Waals surface area contributed by atoms with E-state index in [1.165, 1.54) is 13.8 Å². The first kappa shape index (κ1) is 23.6. The predicted octanol–water partition coefficient (Wildman–Crippen LogP) is 3.28. The van der Waals surface area contributed by atoms with Crippen molar-refractivity contribution in [1.29, 1.82) is 0 Å². The zero-order valence-corrected chi connectivity index (χ0v) is 18.0. The second-order valence-electron chi connectivity index (χ2n) is 7.35. The fourth-order valence-corrected chi connectivity index (χ4v) is 2.57. The summed E-state index contributed by atoms with van der Waals surface area (Å²) in [5.74, 6) is -1.19. The number of carbonyl (C=O) groups excluding carboxylic acids is 4. The lowest BCUT2D eigenvalue weighted by molar-refractivity contribution is -0.123.